The molecule has 3 aromatic rings. The number of rotatable bonds is 1. The highest BCUT2D eigenvalue weighted by atomic mass is 35.5. The second-order valence-electron chi connectivity index (χ2n) is 8.91. The van der Waals surface area contributed by atoms with E-state index in [4.69, 9.17) is 11.6 Å². The van der Waals surface area contributed by atoms with Gasteiger partial charge >= 0.3 is 0 Å². The lowest BCUT2D eigenvalue weighted by Crippen LogP contribution is -2.52. The highest BCUT2D eigenvalue weighted by Crippen LogP contribution is 2.55. The fraction of sp³-hybridized carbons (Fsp3) is 0.185. The van der Waals surface area contributed by atoms with Crippen LogP contribution in [0.3, 0.4) is 0 Å². The summed E-state index contributed by atoms with van der Waals surface area (Å²) in [5.41, 5.74) is 1.97. The molecular formula is C27H21ClN2O4. The van der Waals surface area contributed by atoms with E-state index in [9.17, 15) is 19.8 Å². The third-order valence-corrected chi connectivity index (χ3v) is 7.52. The molecule has 0 bridgehead atoms. The van der Waals surface area contributed by atoms with E-state index in [-0.39, 0.29) is 29.5 Å². The molecule has 170 valence electrons. The number of Topliss-reactive ketones (excluding diaryl/α,β-unsaturated/α-hetero) is 1. The fourth-order valence-electron chi connectivity index (χ4n) is 5.57. The fourth-order valence-corrected chi connectivity index (χ4v) is 5.74. The van der Waals surface area contributed by atoms with E-state index in [0.29, 0.717) is 45.1 Å². The van der Waals surface area contributed by atoms with Gasteiger partial charge in [0.15, 0.2) is 11.5 Å². The average molecular weight is 473 g/mol. The van der Waals surface area contributed by atoms with Gasteiger partial charge in [-0.3, -0.25) is 9.59 Å². The zero-order chi connectivity index (χ0) is 23.8. The van der Waals surface area contributed by atoms with Crippen LogP contribution in [0.4, 0.5) is 0 Å². The molecule has 0 spiro atoms. The maximum atomic E-state index is 13.8. The van der Waals surface area contributed by atoms with Gasteiger partial charge in [0.1, 0.15) is 5.75 Å². The van der Waals surface area contributed by atoms with Crippen LogP contribution in [-0.4, -0.2) is 39.9 Å². The summed E-state index contributed by atoms with van der Waals surface area (Å²) >= 11 is 6.47. The molecule has 0 unspecified atom stereocenters. The molecule has 6 nitrogen and oxygen atoms in total. The third-order valence-electron chi connectivity index (χ3n) is 7.11. The Morgan fingerprint density at radius 1 is 1.03 bits per heavy atom. The lowest BCUT2D eigenvalue weighted by atomic mass is 9.76. The topological polar surface area (TPSA) is 89.9 Å². The quantitative estimate of drug-likeness (QED) is 0.499. The molecule has 0 saturated heterocycles. The molecule has 6 rings (SSSR count). The summed E-state index contributed by atoms with van der Waals surface area (Å²) in [6, 6.07) is 17.2. The number of benzene rings is 3. The van der Waals surface area contributed by atoms with Gasteiger partial charge in [0, 0.05) is 51.5 Å². The minimum Gasteiger partial charge on any atom is -0.508 e. The SMILES string of the molecule is Cc1cc(O)c([C@@H]2C3=C(NCCN4C(=O)c5ccccc5[C@@]24O)c2ccccc2C3=O)cc1Cl. The Balaban J connectivity index is 1.72. The normalized spacial score (nSPS) is 23.0. The number of nitrogens with one attached hydrogen (secondary N) is 1. The van der Waals surface area contributed by atoms with E-state index in [0.717, 1.165) is 5.56 Å². The first kappa shape index (κ1) is 21.0. The van der Waals surface area contributed by atoms with Crippen molar-refractivity contribution in [2.75, 3.05) is 13.1 Å². The predicted octanol–water partition coefficient (Wildman–Crippen LogP) is 3.95. The third kappa shape index (κ3) is 2.61. The van der Waals surface area contributed by atoms with Gasteiger partial charge in [-0.15, -0.1) is 0 Å². The molecule has 34 heavy (non-hydrogen) atoms. The second-order valence-corrected chi connectivity index (χ2v) is 9.32. The number of aliphatic hydroxyl groups is 1. The number of hydrogen-bond acceptors (Lipinski definition) is 5. The summed E-state index contributed by atoms with van der Waals surface area (Å²) in [5, 5.41) is 27.3. The Labute approximate surface area is 201 Å². The highest BCUT2D eigenvalue weighted by molar-refractivity contribution is 6.31. The number of phenols is 1. The molecule has 0 radical (unpaired) electrons. The molecule has 7 heteroatoms. The van der Waals surface area contributed by atoms with E-state index in [1.807, 2.05) is 12.1 Å². The Morgan fingerprint density at radius 3 is 2.47 bits per heavy atom. The Kier molecular flexibility index (Phi) is 4.43. The van der Waals surface area contributed by atoms with Gasteiger partial charge < -0.3 is 20.4 Å². The van der Waals surface area contributed by atoms with Crippen molar-refractivity contribution in [1.29, 1.82) is 0 Å². The highest BCUT2D eigenvalue weighted by Gasteiger charge is 2.58. The van der Waals surface area contributed by atoms with Crippen molar-refractivity contribution in [3.63, 3.8) is 0 Å². The first-order chi connectivity index (χ1) is 16.3. The Morgan fingerprint density at radius 2 is 1.71 bits per heavy atom. The van der Waals surface area contributed by atoms with Crippen molar-refractivity contribution in [3.05, 3.63) is 105 Å². The van der Waals surface area contributed by atoms with E-state index in [1.165, 1.54) is 11.0 Å². The van der Waals surface area contributed by atoms with Crippen molar-refractivity contribution in [2.45, 2.75) is 18.6 Å². The Bertz CT molecular complexity index is 1450. The van der Waals surface area contributed by atoms with Gasteiger partial charge in [0.25, 0.3) is 5.91 Å². The lowest BCUT2D eigenvalue weighted by Gasteiger charge is -2.43. The van der Waals surface area contributed by atoms with Gasteiger partial charge in [0.2, 0.25) is 0 Å². The predicted molar refractivity (Wildman–Crippen MR) is 128 cm³/mol. The van der Waals surface area contributed by atoms with Gasteiger partial charge in [0.05, 0.1) is 11.6 Å². The number of amides is 1. The largest absolute Gasteiger partial charge is 0.508 e. The zero-order valence-corrected chi connectivity index (χ0v) is 19.1. The van der Waals surface area contributed by atoms with Crippen LogP contribution in [0.25, 0.3) is 5.70 Å². The molecule has 0 saturated carbocycles. The van der Waals surface area contributed by atoms with Crippen molar-refractivity contribution in [3.8, 4) is 5.75 Å². The zero-order valence-electron chi connectivity index (χ0n) is 18.3. The van der Waals surface area contributed by atoms with Crippen LogP contribution in [-0.2, 0) is 5.72 Å². The molecule has 3 aliphatic rings. The lowest BCUT2D eigenvalue weighted by molar-refractivity contribution is -0.0972. The minimum absolute atomic E-state index is 0.103. The molecular weight excluding hydrogens is 452 g/mol. The van der Waals surface area contributed by atoms with E-state index in [2.05, 4.69) is 5.32 Å². The van der Waals surface area contributed by atoms with Gasteiger partial charge in [-0.05, 0) is 30.7 Å². The number of carbonyl (C=O) groups is 2. The molecule has 2 heterocycles. The number of fused-ring (bicyclic) bond motifs is 5. The molecule has 2 aliphatic heterocycles. The summed E-state index contributed by atoms with van der Waals surface area (Å²) in [5.74, 6) is -1.77. The van der Waals surface area contributed by atoms with Crippen LogP contribution in [0.1, 0.15) is 48.9 Å². The van der Waals surface area contributed by atoms with Crippen molar-refractivity contribution >= 4 is 29.0 Å². The summed E-state index contributed by atoms with van der Waals surface area (Å²) in [7, 11) is 0. The monoisotopic (exact) mass is 472 g/mol. The standard InChI is InChI=1S/C27H21ClN2O4/c1-14-12-21(31)18(13-20(14)28)23-22-24(15-6-2-3-7-16(15)25(22)32)29-10-11-30-26(33)17-8-4-5-9-19(17)27(23,30)34/h2-9,12-13,23,29,31,34H,10-11H2,1H3/t23-,27-/m1/s1. The number of hydrogen-bond donors (Lipinski definition) is 3. The van der Waals surface area contributed by atoms with Gasteiger partial charge in [-0.25, -0.2) is 0 Å². The number of nitrogens with zero attached hydrogens (tertiary/aromatic N) is 1. The molecule has 0 aromatic heterocycles. The molecule has 3 N–H and O–H groups in total. The van der Waals surface area contributed by atoms with Gasteiger partial charge in [-0.2, -0.15) is 0 Å². The number of halogens is 1. The van der Waals surface area contributed by atoms with E-state index >= 15 is 0 Å². The summed E-state index contributed by atoms with van der Waals surface area (Å²) < 4.78 is 0. The molecule has 0 fully saturated rings. The van der Waals surface area contributed by atoms with Crippen LogP contribution in [0, 0.1) is 6.92 Å². The number of aryl methyl sites for hydroxylation is 1. The van der Waals surface area contributed by atoms with E-state index < -0.39 is 11.6 Å². The minimum atomic E-state index is -1.90. The molecule has 2 atom stereocenters. The number of carbonyl (C=O) groups excluding carboxylic acids is 2. The van der Waals surface area contributed by atoms with Crippen LogP contribution in [0.15, 0.2) is 66.2 Å². The maximum Gasteiger partial charge on any atom is 0.256 e. The van der Waals surface area contributed by atoms with Crippen LogP contribution in [0.5, 0.6) is 5.75 Å². The van der Waals surface area contributed by atoms with Crippen LogP contribution >= 0.6 is 11.6 Å². The van der Waals surface area contributed by atoms with Crippen LogP contribution < -0.4 is 5.32 Å². The van der Waals surface area contributed by atoms with Crippen LogP contribution in [0.2, 0.25) is 5.02 Å². The van der Waals surface area contributed by atoms with Crippen molar-refractivity contribution in [1.82, 2.24) is 10.2 Å². The smallest absolute Gasteiger partial charge is 0.256 e. The number of aromatic hydroxyl groups is 1. The molecule has 1 aliphatic carbocycles. The Hall–Kier alpha value is -3.61. The first-order valence-corrected chi connectivity index (χ1v) is 11.5. The summed E-state index contributed by atoms with van der Waals surface area (Å²) in [6.45, 7) is 2.31. The molecule has 3 aromatic carbocycles. The van der Waals surface area contributed by atoms with Crippen molar-refractivity contribution in [2.24, 2.45) is 0 Å². The van der Waals surface area contributed by atoms with E-state index in [1.54, 1.807) is 49.4 Å². The summed E-state index contributed by atoms with van der Waals surface area (Å²) in [6.07, 6.45) is 0. The number of ketones is 1. The number of phenolic OH excluding ortho intramolecular Hbond substituents is 1. The first-order valence-electron chi connectivity index (χ1n) is 11.1. The van der Waals surface area contributed by atoms with Crippen molar-refractivity contribution < 1.29 is 19.8 Å². The maximum absolute atomic E-state index is 13.8. The summed E-state index contributed by atoms with van der Waals surface area (Å²) in [4.78, 5) is 28.7. The average Bonchev–Trinajstić information content (AvgIpc) is 3.21. The van der Waals surface area contributed by atoms with Gasteiger partial charge in [-0.1, -0.05) is 54.1 Å². The second kappa shape index (κ2) is 7.19. The molecule has 1 amide bonds.